The highest BCUT2D eigenvalue weighted by Crippen LogP contribution is 2.27. The van der Waals surface area contributed by atoms with Gasteiger partial charge in [0.05, 0.1) is 12.2 Å². The third-order valence-electron chi connectivity index (χ3n) is 3.99. The zero-order valence-electron chi connectivity index (χ0n) is 14.7. The van der Waals surface area contributed by atoms with Gasteiger partial charge in [-0.15, -0.1) is 0 Å². The van der Waals surface area contributed by atoms with E-state index in [4.69, 9.17) is 4.74 Å². The normalized spacial score (nSPS) is 11.2. The highest BCUT2D eigenvalue weighted by atomic mass is 16.5. The van der Waals surface area contributed by atoms with Crippen molar-refractivity contribution in [1.29, 1.82) is 0 Å². The number of amides is 1. The molecule has 0 saturated carbocycles. The number of carboxylic acids is 1. The third kappa shape index (κ3) is 5.16. The molecule has 0 bridgehead atoms. The molecule has 0 saturated heterocycles. The van der Waals surface area contributed by atoms with E-state index in [0.29, 0.717) is 11.3 Å². The lowest BCUT2D eigenvalue weighted by atomic mass is 9.81. The van der Waals surface area contributed by atoms with Crippen LogP contribution in [-0.2, 0) is 21.6 Å². The van der Waals surface area contributed by atoms with E-state index in [-0.39, 0.29) is 29.9 Å². The molecule has 0 atom stereocenters. The van der Waals surface area contributed by atoms with E-state index in [1.54, 1.807) is 6.07 Å². The molecule has 132 valence electrons. The second-order valence-corrected chi connectivity index (χ2v) is 6.63. The molecular weight excluding hydrogens is 318 g/mol. The lowest BCUT2D eigenvalue weighted by Crippen LogP contribution is -2.26. The summed E-state index contributed by atoms with van der Waals surface area (Å²) in [5.74, 6) is -1.21. The molecule has 0 unspecified atom stereocenters. The van der Waals surface area contributed by atoms with Crippen molar-refractivity contribution in [2.75, 3.05) is 12.4 Å². The Kier molecular flexibility index (Phi) is 5.93. The quantitative estimate of drug-likeness (QED) is 0.802. The standard InChI is InChI=1S/C20H23NO4/c1-20(2,16-7-5-4-6-8-16)12-18(22)21-17-10-14(13-25-3)9-15(11-17)19(23)24/h4-11H,12-13H2,1-3H3,(H,21,22)(H,23,24). The fraction of sp³-hybridized carbons (Fsp3) is 0.300. The van der Waals surface area contributed by atoms with Crippen LogP contribution in [-0.4, -0.2) is 24.1 Å². The summed E-state index contributed by atoms with van der Waals surface area (Å²) in [6.07, 6.45) is 0.286. The average molecular weight is 341 g/mol. The summed E-state index contributed by atoms with van der Waals surface area (Å²) in [6, 6.07) is 14.5. The number of methoxy groups -OCH3 is 1. The number of anilines is 1. The molecular formula is C20H23NO4. The van der Waals surface area contributed by atoms with Crippen molar-refractivity contribution in [1.82, 2.24) is 0 Å². The molecule has 2 rings (SSSR count). The summed E-state index contributed by atoms with van der Waals surface area (Å²) in [5, 5.41) is 12.0. The zero-order chi connectivity index (χ0) is 18.4. The summed E-state index contributed by atoms with van der Waals surface area (Å²) >= 11 is 0. The van der Waals surface area contributed by atoms with E-state index in [0.717, 1.165) is 5.56 Å². The van der Waals surface area contributed by atoms with Crippen LogP contribution in [0.5, 0.6) is 0 Å². The Labute approximate surface area is 147 Å². The Morgan fingerprint density at radius 3 is 2.40 bits per heavy atom. The lowest BCUT2D eigenvalue weighted by molar-refractivity contribution is -0.117. The minimum Gasteiger partial charge on any atom is -0.478 e. The molecule has 1 amide bonds. The van der Waals surface area contributed by atoms with Crippen molar-refractivity contribution in [3.05, 3.63) is 65.2 Å². The van der Waals surface area contributed by atoms with Crippen LogP contribution in [0, 0.1) is 0 Å². The summed E-state index contributed by atoms with van der Waals surface area (Å²) < 4.78 is 5.06. The molecule has 25 heavy (non-hydrogen) atoms. The van der Waals surface area contributed by atoms with Crippen LogP contribution in [0.2, 0.25) is 0 Å². The summed E-state index contributed by atoms with van der Waals surface area (Å²) in [6.45, 7) is 4.29. The van der Waals surface area contributed by atoms with Gasteiger partial charge >= 0.3 is 5.97 Å². The Balaban J connectivity index is 2.15. The molecule has 0 aliphatic rings. The predicted octanol–water partition coefficient (Wildman–Crippen LogP) is 3.84. The number of carbonyl (C=O) groups is 2. The molecule has 2 N–H and O–H groups in total. The fourth-order valence-corrected chi connectivity index (χ4v) is 2.74. The van der Waals surface area contributed by atoms with E-state index >= 15 is 0 Å². The minimum absolute atomic E-state index is 0.118. The van der Waals surface area contributed by atoms with Crippen molar-refractivity contribution in [2.45, 2.75) is 32.3 Å². The van der Waals surface area contributed by atoms with Gasteiger partial charge < -0.3 is 15.2 Å². The number of aromatic carboxylic acids is 1. The second kappa shape index (κ2) is 7.94. The van der Waals surface area contributed by atoms with Crippen molar-refractivity contribution in [3.63, 3.8) is 0 Å². The van der Waals surface area contributed by atoms with E-state index < -0.39 is 5.97 Å². The number of hydrogen-bond donors (Lipinski definition) is 2. The summed E-state index contributed by atoms with van der Waals surface area (Å²) in [5.41, 5.74) is 2.02. The minimum atomic E-state index is -1.04. The van der Waals surface area contributed by atoms with Gasteiger partial charge in [-0.25, -0.2) is 4.79 Å². The first-order valence-electron chi connectivity index (χ1n) is 8.03. The van der Waals surface area contributed by atoms with Gasteiger partial charge in [-0.05, 0) is 34.7 Å². The molecule has 0 fully saturated rings. The third-order valence-corrected chi connectivity index (χ3v) is 3.99. The summed E-state index contributed by atoms with van der Waals surface area (Å²) in [4.78, 5) is 23.7. The predicted molar refractivity (Wildman–Crippen MR) is 96.8 cm³/mol. The van der Waals surface area contributed by atoms with Gasteiger partial charge in [0, 0.05) is 19.2 Å². The monoisotopic (exact) mass is 341 g/mol. The van der Waals surface area contributed by atoms with Gasteiger partial charge in [-0.2, -0.15) is 0 Å². The Morgan fingerprint density at radius 2 is 1.80 bits per heavy atom. The maximum absolute atomic E-state index is 12.5. The van der Waals surface area contributed by atoms with E-state index in [2.05, 4.69) is 5.32 Å². The van der Waals surface area contributed by atoms with Crippen LogP contribution in [0.1, 0.15) is 41.8 Å². The Hall–Kier alpha value is -2.66. The topological polar surface area (TPSA) is 75.6 Å². The van der Waals surface area contributed by atoms with Crippen molar-refractivity contribution in [3.8, 4) is 0 Å². The molecule has 2 aromatic rings. The zero-order valence-corrected chi connectivity index (χ0v) is 14.7. The average Bonchev–Trinajstić information content (AvgIpc) is 2.55. The summed E-state index contributed by atoms with van der Waals surface area (Å²) in [7, 11) is 1.54. The highest BCUT2D eigenvalue weighted by molar-refractivity contribution is 5.94. The number of benzene rings is 2. The second-order valence-electron chi connectivity index (χ2n) is 6.63. The van der Waals surface area contributed by atoms with Gasteiger partial charge in [-0.3, -0.25) is 4.79 Å². The van der Waals surface area contributed by atoms with Crippen molar-refractivity contribution >= 4 is 17.6 Å². The van der Waals surface area contributed by atoms with E-state index in [9.17, 15) is 14.7 Å². The van der Waals surface area contributed by atoms with Gasteiger partial charge in [0.25, 0.3) is 0 Å². The molecule has 2 aromatic carbocycles. The number of hydrogen-bond acceptors (Lipinski definition) is 3. The highest BCUT2D eigenvalue weighted by Gasteiger charge is 2.24. The SMILES string of the molecule is COCc1cc(NC(=O)CC(C)(C)c2ccccc2)cc(C(=O)O)c1. The molecule has 5 heteroatoms. The maximum Gasteiger partial charge on any atom is 0.335 e. The van der Waals surface area contributed by atoms with Crippen molar-refractivity contribution in [2.24, 2.45) is 0 Å². The van der Waals surface area contributed by atoms with E-state index in [1.165, 1.54) is 19.2 Å². The molecule has 0 aliphatic heterocycles. The molecule has 5 nitrogen and oxygen atoms in total. The number of ether oxygens (including phenoxy) is 1. The van der Waals surface area contributed by atoms with Crippen LogP contribution in [0.25, 0.3) is 0 Å². The largest absolute Gasteiger partial charge is 0.478 e. The Morgan fingerprint density at radius 1 is 1.12 bits per heavy atom. The van der Waals surface area contributed by atoms with Crippen molar-refractivity contribution < 1.29 is 19.4 Å². The smallest absolute Gasteiger partial charge is 0.335 e. The van der Waals surface area contributed by atoms with E-state index in [1.807, 2.05) is 44.2 Å². The molecule has 0 heterocycles. The first-order chi connectivity index (χ1) is 11.8. The number of carbonyl (C=O) groups excluding carboxylic acids is 1. The van der Waals surface area contributed by atoms with Gasteiger partial charge in [0.2, 0.25) is 5.91 Å². The van der Waals surface area contributed by atoms with Crippen LogP contribution in [0.15, 0.2) is 48.5 Å². The first-order valence-corrected chi connectivity index (χ1v) is 8.03. The van der Waals surface area contributed by atoms with Gasteiger partial charge in [0.15, 0.2) is 0 Å². The fourth-order valence-electron chi connectivity index (χ4n) is 2.74. The molecule has 0 spiro atoms. The number of rotatable bonds is 7. The Bertz CT molecular complexity index is 754. The maximum atomic E-state index is 12.5. The van der Waals surface area contributed by atoms with Crippen LogP contribution < -0.4 is 5.32 Å². The van der Waals surface area contributed by atoms with Gasteiger partial charge in [0.1, 0.15) is 0 Å². The first kappa shape index (κ1) is 18.7. The van der Waals surface area contributed by atoms with Crippen LogP contribution in [0.4, 0.5) is 5.69 Å². The lowest BCUT2D eigenvalue weighted by Gasteiger charge is -2.24. The molecule has 0 radical (unpaired) electrons. The van der Waals surface area contributed by atoms with Crippen LogP contribution >= 0.6 is 0 Å². The number of nitrogens with one attached hydrogen (secondary N) is 1. The molecule has 0 aromatic heterocycles. The number of carboxylic acid groups (broad SMARTS) is 1. The van der Waals surface area contributed by atoms with Crippen LogP contribution in [0.3, 0.4) is 0 Å². The molecule has 0 aliphatic carbocycles. The van der Waals surface area contributed by atoms with Gasteiger partial charge in [-0.1, -0.05) is 44.2 Å².